The summed E-state index contributed by atoms with van der Waals surface area (Å²) in [6, 6.07) is 2.03. The largest absolute Gasteiger partial charge is 0.369 e. The van der Waals surface area contributed by atoms with E-state index in [0.717, 1.165) is 31.1 Å². The van der Waals surface area contributed by atoms with Crippen LogP contribution in [0.15, 0.2) is 22.1 Å². The molecule has 0 fully saturated rings. The minimum absolute atomic E-state index is 0.770. The maximum absolute atomic E-state index is 4.51. The first kappa shape index (κ1) is 12.3. The highest BCUT2D eigenvalue weighted by Crippen LogP contribution is 2.28. The van der Waals surface area contributed by atoms with Crippen molar-refractivity contribution >= 4 is 55.7 Å². The van der Waals surface area contributed by atoms with Crippen molar-refractivity contribution in [3.63, 3.8) is 0 Å². The fourth-order valence-electron chi connectivity index (χ4n) is 1.21. The van der Waals surface area contributed by atoms with Gasteiger partial charge in [-0.25, -0.2) is 9.97 Å². The molecule has 16 heavy (non-hydrogen) atoms. The van der Waals surface area contributed by atoms with Gasteiger partial charge in [0.05, 0.1) is 8.45 Å². The summed E-state index contributed by atoms with van der Waals surface area (Å²) < 4.78 is 2.11. The summed E-state index contributed by atoms with van der Waals surface area (Å²) in [7, 11) is 0. The molecule has 0 saturated carbocycles. The van der Waals surface area contributed by atoms with Crippen LogP contribution in [-0.4, -0.2) is 16.5 Å². The van der Waals surface area contributed by atoms with Gasteiger partial charge in [0, 0.05) is 22.6 Å². The fourth-order valence-corrected chi connectivity index (χ4v) is 3.03. The summed E-state index contributed by atoms with van der Waals surface area (Å²) in [5.74, 6) is 1.67. The molecule has 0 aliphatic rings. The molecule has 0 unspecified atom stereocenters. The lowest BCUT2D eigenvalue weighted by molar-refractivity contribution is 1.11. The van der Waals surface area contributed by atoms with Crippen LogP contribution >= 0.6 is 49.9 Å². The molecule has 2 aromatic heterocycles. The van der Waals surface area contributed by atoms with Crippen molar-refractivity contribution < 1.29 is 0 Å². The van der Waals surface area contributed by atoms with Crippen LogP contribution in [0, 0.1) is 3.57 Å². The molecule has 84 valence electrons. The number of anilines is 1. The van der Waals surface area contributed by atoms with Crippen LogP contribution in [0.2, 0.25) is 0 Å². The number of halogens is 2. The van der Waals surface area contributed by atoms with E-state index in [0.29, 0.717) is 0 Å². The Bertz CT molecular complexity index is 501. The van der Waals surface area contributed by atoms with Crippen molar-refractivity contribution in [3.05, 3.63) is 25.7 Å². The van der Waals surface area contributed by atoms with Gasteiger partial charge in [-0.3, -0.25) is 0 Å². The summed E-state index contributed by atoms with van der Waals surface area (Å²) in [6.45, 7) is 2.92. The number of nitrogens with one attached hydrogen (secondary N) is 1. The van der Waals surface area contributed by atoms with Gasteiger partial charge in [-0.05, 0) is 51.5 Å². The van der Waals surface area contributed by atoms with Crippen molar-refractivity contribution in [3.8, 4) is 10.7 Å². The Balaban J connectivity index is 2.39. The molecule has 2 aromatic rings. The van der Waals surface area contributed by atoms with Crippen molar-refractivity contribution in [1.29, 1.82) is 0 Å². The Labute approximate surface area is 120 Å². The van der Waals surface area contributed by atoms with E-state index >= 15 is 0 Å². The zero-order valence-electron chi connectivity index (χ0n) is 8.50. The molecular weight excluding hydrogens is 401 g/mol. The van der Waals surface area contributed by atoms with Gasteiger partial charge >= 0.3 is 0 Å². The SMILES string of the molecule is CCNc1nc(-c2cc(Br)cs2)ncc1I. The molecule has 0 spiro atoms. The molecular formula is C10H9BrIN3S. The Morgan fingerprint density at radius 1 is 1.56 bits per heavy atom. The molecule has 6 heteroatoms. The Hall–Kier alpha value is -0.210. The van der Waals surface area contributed by atoms with Gasteiger partial charge in [-0.2, -0.15) is 0 Å². The molecule has 0 amide bonds. The third-order valence-corrected chi connectivity index (χ3v) is 4.35. The number of hydrogen-bond acceptors (Lipinski definition) is 4. The van der Waals surface area contributed by atoms with Gasteiger partial charge in [0.15, 0.2) is 5.82 Å². The maximum atomic E-state index is 4.51. The number of thiophene rings is 1. The molecule has 3 nitrogen and oxygen atoms in total. The normalized spacial score (nSPS) is 10.4. The minimum atomic E-state index is 0.770. The van der Waals surface area contributed by atoms with Crippen LogP contribution < -0.4 is 5.32 Å². The smallest absolute Gasteiger partial charge is 0.171 e. The van der Waals surface area contributed by atoms with Crippen LogP contribution in [0.3, 0.4) is 0 Å². The van der Waals surface area contributed by atoms with Crippen molar-refractivity contribution in [1.82, 2.24) is 9.97 Å². The third kappa shape index (κ3) is 2.72. The topological polar surface area (TPSA) is 37.8 Å². The molecule has 0 aliphatic heterocycles. The highest BCUT2D eigenvalue weighted by Gasteiger charge is 2.08. The second-order valence-corrected chi connectivity index (χ2v) is 6.04. The molecule has 2 rings (SSSR count). The molecule has 0 aromatic carbocycles. The van der Waals surface area contributed by atoms with Gasteiger partial charge in [0.2, 0.25) is 0 Å². The van der Waals surface area contributed by atoms with Gasteiger partial charge in [0.1, 0.15) is 5.82 Å². The molecule has 2 heterocycles. The Kier molecular flexibility index (Phi) is 4.15. The van der Waals surface area contributed by atoms with E-state index in [2.05, 4.69) is 60.7 Å². The average molecular weight is 410 g/mol. The van der Waals surface area contributed by atoms with Crippen LogP contribution in [-0.2, 0) is 0 Å². The number of hydrogen-bond donors (Lipinski definition) is 1. The first-order valence-corrected chi connectivity index (χ1v) is 7.46. The second kappa shape index (κ2) is 5.42. The maximum Gasteiger partial charge on any atom is 0.171 e. The van der Waals surface area contributed by atoms with Crippen LogP contribution in [0.25, 0.3) is 10.7 Å². The Morgan fingerprint density at radius 2 is 2.38 bits per heavy atom. The third-order valence-electron chi connectivity index (χ3n) is 1.88. The predicted molar refractivity (Wildman–Crippen MR) is 79.9 cm³/mol. The second-order valence-electron chi connectivity index (χ2n) is 3.05. The molecule has 1 N–H and O–H groups in total. The van der Waals surface area contributed by atoms with E-state index in [1.807, 2.05) is 17.6 Å². The van der Waals surface area contributed by atoms with Crippen LogP contribution in [0.5, 0.6) is 0 Å². The zero-order valence-corrected chi connectivity index (χ0v) is 13.1. The highest BCUT2D eigenvalue weighted by molar-refractivity contribution is 14.1. The molecule has 0 aliphatic carbocycles. The molecule has 0 radical (unpaired) electrons. The average Bonchev–Trinajstić information content (AvgIpc) is 2.69. The first-order valence-electron chi connectivity index (χ1n) is 4.71. The number of nitrogens with zero attached hydrogens (tertiary/aromatic N) is 2. The van der Waals surface area contributed by atoms with Gasteiger partial charge in [-0.15, -0.1) is 11.3 Å². The van der Waals surface area contributed by atoms with Crippen LogP contribution in [0.1, 0.15) is 6.92 Å². The van der Waals surface area contributed by atoms with Gasteiger partial charge < -0.3 is 5.32 Å². The number of aromatic nitrogens is 2. The summed E-state index contributed by atoms with van der Waals surface area (Å²) in [5, 5.41) is 5.26. The van der Waals surface area contributed by atoms with Crippen LogP contribution in [0.4, 0.5) is 5.82 Å². The lowest BCUT2D eigenvalue weighted by atomic mass is 10.4. The van der Waals surface area contributed by atoms with E-state index in [1.165, 1.54) is 0 Å². The molecule has 0 saturated heterocycles. The van der Waals surface area contributed by atoms with Crippen molar-refractivity contribution in [2.24, 2.45) is 0 Å². The van der Waals surface area contributed by atoms with Crippen molar-refractivity contribution in [2.75, 3.05) is 11.9 Å². The lowest BCUT2D eigenvalue weighted by Crippen LogP contribution is -2.03. The minimum Gasteiger partial charge on any atom is -0.369 e. The van der Waals surface area contributed by atoms with E-state index in [-0.39, 0.29) is 0 Å². The lowest BCUT2D eigenvalue weighted by Gasteiger charge is -2.05. The fraction of sp³-hybridized carbons (Fsp3) is 0.200. The van der Waals surface area contributed by atoms with Gasteiger partial charge in [-0.1, -0.05) is 0 Å². The van der Waals surface area contributed by atoms with E-state index in [9.17, 15) is 0 Å². The summed E-state index contributed by atoms with van der Waals surface area (Å²) >= 11 is 7.30. The van der Waals surface area contributed by atoms with Crippen molar-refractivity contribution in [2.45, 2.75) is 6.92 Å². The summed E-state index contributed by atoms with van der Waals surface area (Å²) in [6.07, 6.45) is 1.84. The number of rotatable bonds is 3. The monoisotopic (exact) mass is 409 g/mol. The summed E-state index contributed by atoms with van der Waals surface area (Å²) in [5.41, 5.74) is 0. The predicted octanol–water partition coefficient (Wildman–Crippen LogP) is 4.00. The van der Waals surface area contributed by atoms with E-state index in [4.69, 9.17) is 0 Å². The van der Waals surface area contributed by atoms with E-state index in [1.54, 1.807) is 11.3 Å². The molecule has 0 atom stereocenters. The van der Waals surface area contributed by atoms with Gasteiger partial charge in [0.25, 0.3) is 0 Å². The zero-order chi connectivity index (χ0) is 11.5. The summed E-state index contributed by atoms with van der Waals surface area (Å²) in [4.78, 5) is 9.91. The van der Waals surface area contributed by atoms with E-state index < -0.39 is 0 Å². The quantitative estimate of drug-likeness (QED) is 0.778. The Morgan fingerprint density at radius 3 is 3.00 bits per heavy atom. The molecule has 0 bridgehead atoms. The highest BCUT2D eigenvalue weighted by atomic mass is 127. The first-order chi connectivity index (χ1) is 7.70. The standard InChI is InChI=1S/C10H9BrIN3S/c1-2-13-9-7(12)4-14-10(15-9)8-3-6(11)5-16-8/h3-5H,2H2,1H3,(H,13,14,15).